The molecule has 0 spiro atoms. The molecule has 3 aromatic carbocycles. The Hall–Kier alpha value is -3.00. The van der Waals surface area contributed by atoms with Crippen LogP contribution in [0.5, 0.6) is 5.75 Å². The monoisotopic (exact) mass is 465 g/mol. The first-order chi connectivity index (χ1) is 15.7. The Balaban J connectivity index is 2.07. The lowest BCUT2D eigenvalue weighted by molar-refractivity contribution is 0.413. The number of fused-ring (bicyclic) bond motifs is 1. The van der Waals surface area contributed by atoms with Gasteiger partial charge in [0, 0.05) is 34.1 Å². The van der Waals surface area contributed by atoms with Gasteiger partial charge in [0.2, 0.25) is 0 Å². The van der Waals surface area contributed by atoms with E-state index < -0.39 is 23.1 Å². The molecule has 0 bridgehead atoms. The standard InChI is InChI=1S/C26H27FN2O3S/c1-16-15-26(2,3)28-21-13-12-20(19-11-10-18(27)14-22(19)32-4)24(23(16)21)25(29-33(30)31)17-8-6-5-7-9-17/h5-15,25,28-29H,1-4H3,(H,30,31)/p-1. The molecule has 2 N–H and O–H groups in total. The van der Waals surface area contributed by atoms with Gasteiger partial charge in [-0.15, -0.1) is 0 Å². The molecular formula is C26H26FN2O3S-. The number of halogens is 1. The zero-order valence-electron chi connectivity index (χ0n) is 18.9. The van der Waals surface area contributed by atoms with E-state index in [1.165, 1.54) is 19.2 Å². The van der Waals surface area contributed by atoms with E-state index in [9.17, 15) is 13.2 Å². The van der Waals surface area contributed by atoms with Crippen LogP contribution in [0.1, 0.15) is 43.5 Å². The third kappa shape index (κ3) is 4.71. The van der Waals surface area contributed by atoms with Gasteiger partial charge in [-0.2, -0.15) is 0 Å². The molecule has 1 aliphatic heterocycles. The second-order valence-corrected chi connectivity index (χ2v) is 9.37. The van der Waals surface area contributed by atoms with Gasteiger partial charge in [0.25, 0.3) is 0 Å². The average molecular weight is 466 g/mol. The Morgan fingerprint density at radius 3 is 2.45 bits per heavy atom. The van der Waals surface area contributed by atoms with Crippen LogP contribution in [0.25, 0.3) is 16.7 Å². The number of benzene rings is 3. The first kappa shape index (κ1) is 23.2. The minimum Gasteiger partial charge on any atom is -0.760 e. The number of ether oxygens (including phenoxy) is 1. The van der Waals surface area contributed by atoms with E-state index in [4.69, 9.17) is 4.74 Å². The Morgan fingerprint density at radius 1 is 1.09 bits per heavy atom. The maximum atomic E-state index is 14.0. The van der Waals surface area contributed by atoms with Gasteiger partial charge in [0.1, 0.15) is 11.6 Å². The molecule has 4 rings (SSSR count). The molecule has 1 heterocycles. The minimum atomic E-state index is -2.53. The quantitative estimate of drug-likeness (QED) is 0.466. The highest BCUT2D eigenvalue weighted by Crippen LogP contribution is 2.46. The molecule has 0 saturated heterocycles. The number of hydrogen-bond acceptors (Lipinski definition) is 4. The molecule has 0 saturated carbocycles. The molecule has 172 valence electrons. The molecule has 7 heteroatoms. The molecule has 2 unspecified atom stereocenters. The van der Waals surface area contributed by atoms with Crippen molar-refractivity contribution in [2.24, 2.45) is 0 Å². The summed E-state index contributed by atoms with van der Waals surface area (Å²) in [5.74, 6) is -0.0370. The summed E-state index contributed by atoms with van der Waals surface area (Å²) in [5.41, 5.74) is 5.55. The fraction of sp³-hybridized carbons (Fsp3) is 0.231. The highest BCUT2D eigenvalue weighted by molar-refractivity contribution is 7.77. The van der Waals surface area contributed by atoms with Crippen LogP contribution in [0.15, 0.2) is 66.7 Å². The first-order valence-corrected chi connectivity index (χ1v) is 11.7. The Morgan fingerprint density at radius 2 is 1.79 bits per heavy atom. The van der Waals surface area contributed by atoms with Gasteiger partial charge >= 0.3 is 0 Å². The summed E-state index contributed by atoms with van der Waals surface area (Å²) in [5, 5.41) is 3.53. The number of anilines is 1. The fourth-order valence-electron chi connectivity index (χ4n) is 4.60. The summed E-state index contributed by atoms with van der Waals surface area (Å²) in [4.78, 5) is 0. The molecule has 2 atom stereocenters. The van der Waals surface area contributed by atoms with Crippen LogP contribution >= 0.6 is 0 Å². The topological polar surface area (TPSA) is 73.4 Å². The van der Waals surface area contributed by atoms with Gasteiger partial charge < -0.3 is 14.6 Å². The predicted molar refractivity (Wildman–Crippen MR) is 130 cm³/mol. The number of nitrogens with one attached hydrogen (secondary N) is 2. The van der Waals surface area contributed by atoms with Gasteiger partial charge in [0.05, 0.1) is 18.7 Å². The molecule has 0 aliphatic carbocycles. The van der Waals surface area contributed by atoms with Crippen LogP contribution in [-0.2, 0) is 11.3 Å². The molecule has 5 nitrogen and oxygen atoms in total. The van der Waals surface area contributed by atoms with E-state index in [0.29, 0.717) is 11.3 Å². The molecule has 0 amide bonds. The maximum absolute atomic E-state index is 14.0. The average Bonchev–Trinajstić information content (AvgIpc) is 2.76. The smallest absolute Gasteiger partial charge is 0.129 e. The van der Waals surface area contributed by atoms with E-state index in [0.717, 1.165) is 33.5 Å². The van der Waals surface area contributed by atoms with Crippen molar-refractivity contribution in [1.29, 1.82) is 0 Å². The van der Waals surface area contributed by atoms with E-state index in [2.05, 4.69) is 30.0 Å². The predicted octanol–water partition coefficient (Wildman–Crippen LogP) is 5.58. The Kier molecular flexibility index (Phi) is 6.38. The zero-order chi connectivity index (χ0) is 23.8. The van der Waals surface area contributed by atoms with E-state index >= 15 is 0 Å². The fourth-order valence-corrected chi connectivity index (χ4v) is 5.05. The van der Waals surface area contributed by atoms with Crippen molar-refractivity contribution in [3.8, 4) is 16.9 Å². The minimum absolute atomic E-state index is 0.263. The van der Waals surface area contributed by atoms with Crippen molar-refractivity contribution >= 4 is 22.5 Å². The van der Waals surface area contributed by atoms with Crippen molar-refractivity contribution in [1.82, 2.24) is 4.72 Å². The SMILES string of the molecule is COc1cc(F)ccc1-c1ccc2c(c1C(NS(=O)[O-])c1ccccc1)C(C)=CC(C)(C)N2. The largest absolute Gasteiger partial charge is 0.760 e. The summed E-state index contributed by atoms with van der Waals surface area (Å²) in [6.45, 7) is 6.18. The van der Waals surface area contributed by atoms with Crippen LogP contribution in [0.4, 0.5) is 10.1 Å². The van der Waals surface area contributed by atoms with E-state index in [-0.39, 0.29) is 5.54 Å². The van der Waals surface area contributed by atoms with Gasteiger partial charge in [-0.1, -0.05) is 42.5 Å². The van der Waals surface area contributed by atoms with Crippen molar-refractivity contribution in [3.63, 3.8) is 0 Å². The summed E-state index contributed by atoms with van der Waals surface area (Å²) >= 11 is -2.53. The number of methoxy groups -OCH3 is 1. The Bertz CT molecular complexity index is 1240. The van der Waals surface area contributed by atoms with E-state index in [1.807, 2.05) is 49.4 Å². The zero-order valence-corrected chi connectivity index (χ0v) is 19.8. The molecule has 0 aromatic heterocycles. The molecule has 1 aliphatic rings. The normalized spacial score (nSPS) is 16.2. The number of rotatable bonds is 6. The van der Waals surface area contributed by atoms with Crippen LogP contribution < -0.4 is 14.8 Å². The molecule has 0 fully saturated rings. The lowest BCUT2D eigenvalue weighted by Gasteiger charge is -2.35. The number of allylic oxidation sites excluding steroid dienone is 1. The van der Waals surface area contributed by atoms with Gasteiger partial charge in [-0.3, -0.25) is 4.21 Å². The van der Waals surface area contributed by atoms with Crippen LogP contribution in [0.3, 0.4) is 0 Å². The van der Waals surface area contributed by atoms with Crippen molar-refractivity contribution in [3.05, 3.63) is 89.2 Å². The van der Waals surface area contributed by atoms with Gasteiger partial charge in [0.15, 0.2) is 0 Å². The van der Waals surface area contributed by atoms with Crippen LogP contribution in [0.2, 0.25) is 0 Å². The third-order valence-corrected chi connectivity index (χ3v) is 6.19. The van der Waals surface area contributed by atoms with Crippen molar-refractivity contribution in [2.75, 3.05) is 12.4 Å². The van der Waals surface area contributed by atoms with E-state index in [1.54, 1.807) is 6.07 Å². The highest BCUT2D eigenvalue weighted by atomic mass is 32.2. The van der Waals surface area contributed by atoms with Crippen molar-refractivity contribution < 1.29 is 17.9 Å². The second kappa shape index (κ2) is 9.09. The molecule has 0 radical (unpaired) electrons. The summed E-state index contributed by atoms with van der Waals surface area (Å²) in [7, 11) is 1.49. The van der Waals surface area contributed by atoms with Crippen LogP contribution in [-0.4, -0.2) is 21.4 Å². The highest BCUT2D eigenvalue weighted by Gasteiger charge is 2.30. The molecule has 3 aromatic rings. The number of hydrogen-bond donors (Lipinski definition) is 2. The van der Waals surface area contributed by atoms with Gasteiger partial charge in [-0.05, 0) is 61.2 Å². The lowest BCUT2D eigenvalue weighted by Crippen LogP contribution is -2.33. The first-order valence-electron chi connectivity index (χ1n) is 10.6. The third-order valence-electron chi connectivity index (χ3n) is 5.76. The van der Waals surface area contributed by atoms with Crippen LogP contribution in [0, 0.1) is 5.82 Å². The summed E-state index contributed by atoms with van der Waals surface area (Å²) in [6.07, 6.45) is 2.13. The summed E-state index contributed by atoms with van der Waals surface area (Å²) in [6, 6.07) is 17.0. The summed E-state index contributed by atoms with van der Waals surface area (Å²) < 4.78 is 46.0. The lowest BCUT2D eigenvalue weighted by atomic mass is 9.81. The molecule has 33 heavy (non-hydrogen) atoms. The second-order valence-electron chi connectivity index (χ2n) is 8.66. The maximum Gasteiger partial charge on any atom is 0.129 e. The van der Waals surface area contributed by atoms with Crippen molar-refractivity contribution in [2.45, 2.75) is 32.4 Å². The Labute approximate surface area is 196 Å². The van der Waals surface area contributed by atoms with Gasteiger partial charge in [-0.25, -0.2) is 9.11 Å². The molecular weight excluding hydrogens is 439 g/mol.